The number of halogens is 1. The van der Waals surface area contributed by atoms with Crippen LogP contribution < -0.4 is 4.74 Å². The predicted molar refractivity (Wildman–Crippen MR) is 63.6 cm³/mol. The molecule has 0 N–H and O–H groups in total. The van der Waals surface area contributed by atoms with Crippen LogP contribution >= 0.6 is 0 Å². The van der Waals surface area contributed by atoms with Crippen LogP contribution in [0.3, 0.4) is 0 Å². The van der Waals surface area contributed by atoms with Crippen LogP contribution in [0.5, 0.6) is 5.75 Å². The quantitative estimate of drug-likeness (QED) is 0.753. The third-order valence-electron chi connectivity index (χ3n) is 3.43. The van der Waals surface area contributed by atoms with Crippen molar-refractivity contribution in [2.75, 3.05) is 7.11 Å². The van der Waals surface area contributed by atoms with Crippen molar-refractivity contribution in [3.05, 3.63) is 29.8 Å². The number of alkyl halides is 1. The third kappa shape index (κ3) is 2.75. The maximum Gasteiger partial charge on any atom is 0.118 e. The van der Waals surface area contributed by atoms with E-state index in [4.69, 9.17) is 4.74 Å². The summed E-state index contributed by atoms with van der Waals surface area (Å²) in [5.74, 6) is 0.834. The van der Waals surface area contributed by atoms with Gasteiger partial charge in [0.2, 0.25) is 0 Å². The largest absolute Gasteiger partial charge is 0.497 e. The molecule has 2 heteroatoms. The molecule has 1 fully saturated rings. The molecule has 0 saturated heterocycles. The molecule has 1 nitrogen and oxygen atoms in total. The lowest BCUT2D eigenvalue weighted by Gasteiger charge is -2.29. The molecule has 0 heterocycles. The van der Waals surface area contributed by atoms with Gasteiger partial charge in [-0.25, -0.2) is 4.39 Å². The maximum atomic E-state index is 14.4. The summed E-state index contributed by atoms with van der Waals surface area (Å²) in [6.07, 6.45) is 5.25. The van der Waals surface area contributed by atoms with Crippen LogP contribution in [0.2, 0.25) is 0 Å². The second-order valence-electron chi connectivity index (χ2n) is 4.74. The molecule has 0 unspecified atom stereocenters. The second kappa shape index (κ2) is 4.86. The fourth-order valence-corrected chi connectivity index (χ4v) is 2.47. The Morgan fingerprint density at radius 2 is 1.75 bits per heavy atom. The number of hydrogen-bond acceptors (Lipinski definition) is 1. The first kappa shape index (κ1) is 11.4. The molecule has 0 aromatic heterocycles. The van der Waals surface area contributed by atoms with Crippen molar-refractivity contribution < 1.29 is 9.13 Å². The zero-order valence-electron chi connectivity index (χ0n) is 9.84. The SMILES string of the molecule is COc1ccc(CC2(F)CCCCC2)cc1. The Labute approximate surface area is 96.6 Å². The Hall–Kier alpha value is -1.05. The van der Waals surface area contributed by atoms with Gasteiger partial charge in [0.05, 0.1) is 7.11 Å². The van der Waals surface area contributed by atoms with Gasteiger partial charge in [0.15, 0.2) is 0 Å². The maximum absolute atomic E-state index is 14.4. The summed E-state index contributed by atoms with van der Waals surface area (Å²) < 4.78 is 19.5. The number of hydrogen-bond donors (Lipinski definition) is 0. The van der Waals surface area contributed by atoms with Crippen LogP contribution in [0.15, 0.2) is 24.3 Å². The molecule has 1 aromatic carbocycles. The Morgan fingerprint density at radius 1 is 1.12 bits per heavy atom. The van der Waals surface area contributed by atoms with Gasteiger partial charge in [-0.2, -0.15) is 0 Å². The van der Waals surface area contributed by atoms with Gasteiger partial charge in [-0.1, -0.05) is 31.4 Å². The summed E-state index contributed by atoms with van der Waals surface area (Å²) in [6, 6.07) is 7.74. The van der Waals surface area contributed by atoms with Crippen LogP contribution in [-0.4, -0.2) is 12.8 Å². The van der Waals surface area contributed by atoms with E-state index < -0.39 is 5.67 Å². The van der Waals surface area contributed by atoms with Gasteiger partial charge < -0.3 is 4.74 Å². The highest BCUT2D eigenvalue weighted by atomic mass is 19.1. The normalized spacial score (nSPS) is 19.4. The predicted octanol–water partition coefficient (Wildman–Crippen LogP) is 3.91. The molecule has 16 heavy (non-hydrogen) atoms. The van der Waals surface area contributed by atoms with Gasteiger partial charge in [0.1, 0.15) is 11.4 Å². The lowest BCUT2D eigenvalue weighted by atomic mass is 9.82. The topological polar surface area (TPSA) is 9.23 Å². The summed E-state index contributed by atoms with van der Waals surface area (Å²) in [7, 11) is 1.65. The Kier molecular flexibility index (Phi) is 3.47. The van der Waals surface area contributed by atoms with Gasteiger partial charge >= 0.3 is 0 Å². The molecule has 88 valence electrons. The van der Waals surface area contributed by atoms with Crippen LogP contribution in [0.1, 0.15) is 37.7 Å². The van der Waals surface area contributed by atoms with Crippen LogP contribution in [0, 0.1) is 0 Å². The van der Waals surface area contributed by atoms with E-state index >= 15 is 0 Å². The Morgan fingerprint density at radius 3 is 2.31 bits per heavy atom. The van der Waals surface area contributed by atoms with Crippen molar-refractivity contribution >= 4 is 0 Å². The van der Waals surface area contributed by atoms with Crippen LogP contribution in [-0.2, 0) is 6.42 Å². The number of ether oxygens (including phenoxy) is 1. The van der Waals surface area contributed by atoms with Crippen molar-refractivity contribution in [3.63, 3.8) is 0 Å². The van der Waals surface area contributed by atoms with E-state index in [1.165, 1.54) is 6.42 Å². The zero-order valence-corrected chi connectivity index (χ0v) is 9.84. The molecule has 1 aliphatic carbocycles. The average Bonchev–Trinajstić information content (AvgIpc) is 2.30. The van der Waals surface area contributed by atoms with Crippen LogP contribution in [0.25, 0.3) is 0 Å². The summed E-state index contributed by atoms with van der Waals surface area (Å²) >= 11 is 0. The first-order chi connectivity index (χ1) is 7.72. The molecule has 1 saturated carbocycles. The van der Waals surface area contributed by atoms with Gasteiger partial charge in [0, 0.05) is 6.42 Å². The van der Waals surface area contributed by atoms with E-state index in [0.29, 0.717) is 6.42 Å². The standard InChI is InChI=1S/C14H19FO/c1-16-13-7-5-12(6-8-13)11-14(15)9-3-2-4-10-14/h5-8H,2-4,9-11H2,1H3. The highest BCUT2D eigenvalue weighted by Crippen LogP contribution is 2.34. The van der Waals surface area contributed by atoms with Gasteiger partial charge in [-0.3, -0.25) is 0 Å². The van der Waals surface area contributed by atoms with E-state index in [1.807, 2.05) is 24.3 Å². The molecule has 0 radical (unpaired) electrons. The summed E-state index contributed by atoms with van der Waals surface area (Å²) in [5.41, 5.74) is 0.109. The monoisotopic (exact) mass is 222 g/mol. The lowest BCUT2D eigenvalue weighted by Crippen LogP contribution is -2.28. The van der Waals surface area contributed by atoms with Crippen molar-refractivity contribution in [1.82, 2.24) is 0 Å². The zero-order chi connectivity index (χ0) is 11.4. The Bertz CT molecular complexity index is 325. The van der Waals surface area contributed by atoms with Crippen molar-refractivity contribution in [1.29, 1.82) is 0 Å². The molecule has 0 amide bonds. The van der Waals surface area contributed by atoms with E-state index in [0.717, 1.165) is 37.0 Å². The number of benzene rings is 1. The smallest absolute Gasteiger partial charge is 0.118 e. The number of rotatable bonds is 3. The van der Waals surface area contributed by atoms with Crippen molar-refractivity contribution in [2.24, 2.45) is 0 Å². The summed E-state index contributed by atoms with van der Waals surface area (Å²) in [6.45, 7) is 0. The highest BCUT2D eigenvalue weighted by molar-refractivity contribution is 5.28. The molecule has 2 rings (SSSR count). The third-order valence-corrected chi connectivity index (χ3v) is 3.43. The van der Waals surface area contributed by atoms with Crippen molar-refractivity contribution in [3.8, 4) is 5.75 Å². The molecule has 0 spiro atoms. The lowest BCUT2D eigenvalue weighted by molar-refractivity contribution is 0.107. The molecular weight excluding hydrogens is 203 g/mol. The average molecular weight is 222 g/mol. The second-order valence-corrected chi connectivity index (χ2v) is 4.74. The molecular formula is C14H19FO. The fraction of sp³-hybridized carbons (Fsp3) is 0.571. The first-order valence-corrected chi connectivity index (χ1v) is 6.04. The summed E-state index contributed by atoms with van der Waals surface area (Å²) in [5, 5.41) is 0. The minimum Gasteiger partial charge on any atom is -0.497 e. The Balaban J connectivity index is 2.01. The first-order valence-electron chi connectivity index (χ1n) is 6.04. The molecule has 0 aliphatic heterocycles. The van der Waals surface area contributed by atoms with Crippen LogP contribution in [0.4, 0.5) is 4.39 Å². The van der Waals surface area contributed by atoms with E-state index in [1.54, 1.807) is 7.11 Å². The molecule has 1 aromatic rings. The van der Waals surface area contributed by atoms with E-state index in [2.05, 4.69) is 0 Å². The minimum atomic E-state index is -0.965. The number of methoxy groups -OCH3 is 1. The minimum absolute atomic E-state index is 0.553. The van der Waals surface area contributed by atoms with E-state index in [9.17, 15) is 4.39 Å². The molecule has 0 atom stereocenters. The fourth-order valence-electron chi connectivity index (χ4n) is 2.47. The van der Waals surface area contributed by atoms with Gasteiger partial charge in [-0.15, -0.1) is 0 Å². The van der Waals surface area contributed by atoms with E-state index in [-0.39, 0.29) is 0 Å². The van der Waals surface area contributed by atoms with Gasteiger partial charge in [0.25, 0.3) is 0 Å². The highest BCUT2D eigenvalue weighted by Gasteiger charge is 2.31. The molecule has 0 bridgehead atoms. The summed E-state index contributed by atoms with van der Waals surface area (Å²) in [4.78, 5) is 0. The van der Waals surface area contributed by atoms with Crippen molar-refractivity contribution in [2.45, 2.75) is 44.2 Å². The molecule has 1 aliphatic rings. The van der Waals surface area contributed by atoms with Gasteiger partial charge in [-0.05, 0) is 30.5 Å².